The molecule has 1 aromatic heterocycles. The van der Waals surface area contributed by atoms with Crippen LogP contribution in [0.15, 0.2) is 59.2 Å². The molecule has 1 heterocycles. The van der Waals surface area contributed by atoms with Gasteiger partial charge in [0.2, 0.25) is 5.95 Å². The van der Waals surface area contributed by atoms with Crippen LogP contribution in [0.4, 0.5) is 27.5 Å². The maximum atomic E-state index is 13.0. The number of anilines is 4. The van der Waals surface area contributed by atoms with Gasteiger partial charge in [-0.2, -0.15) is 4.98 Å². The number of nitrogens with one attached hydrogen (secondary N) is 2. The van der Waals surface area contributed by atoms with E-state index in [-0.39, 0.29) is 19.0 Å². The standard InChI is InChI=1S/C19H18BrFN4O3/c20-17-9-22-19(25-18(17)23-13-3-1-12(21)2-4-13)24-14-5-7-16(8-6-14)28-11-15(27)10-26/h1-9,15,26-27H,10-11H2,(H2,22,23,24,25)/t15-/m0/s1. The fourth-order valence-electron chi connectivity index (χ4n) is 2.19. The molecule has 0 unspecified atom stereocenters. The van der Waals surface area contributed by atoms with Crippen molar-refractivity contribution < 1.29 is 19.3 Å². The molecule has 0 aliphatic heterocycles. The maximum Gasteiger partial charge on any atom is 0.229 e. The van der Waals surface area contributed by atoms with Crippen LogP contribution < -0.4 is 15.4 Å². The molecule has 146 valence electrons. The number of hydrogen-bond donors (Lipinski definition) is 4. The summed E-state index contributed by atoms with van der Waals surface area (Å²) in [6.45, 7) is -0.341. The summed E-state index contributed by atoms with van der Waals surface area (Å²) in [7, 11) is 0. The van der Waals surface area contributed by atoms with Crippen LogP contribution in [0.3, 0.4) is 0 Å². The molecule has 7 nitrogen and oxygen atoms in total. The van der Waals surface area contributed by atoms with Crippen molar-refractivity contribution in [2.75, 3.05) is 23.8 Å². The zero-order valence-electron chi connectivity index (χ0n) is 14.6. The predicted octanol–water partition coefficient (Wildman–Crippen LogP) is 3.60. The SMILES string of the molecule is OC[C@H](O)COc1ccc(Nc2ncc(Br)c(Nc3ccc(F)cc3)n2)cc1. The Kier molecular flexibility index (Phi) is 6.75. The Hall–Kier alpha value is -2.75. The summed E-state index contributed by atoms with van der Waals surface area (Å²) in [6, 6.07) is 13.0. The van der Waals surface area contributed by atoms with E-state index in [0.29, 0.717) is 27.7 Å². The number of ether oxygens (including phenoxy) is 1. The van der Waals surface area contributed by atoms with Crippen molar-refractivity contribution in [1.82, 2.24) is 9.97 Å². The summed E-state index contributed by atoms with van der Waals surface area (Å²) in [4.78, 5) is 8.63. The van der Waals surface area contributed by atoms with Crippen molar-refractivity contribution in [3.8, 4) is 5.75 Å². The molecule has 4 N–H and O–H groups in total. The molecule has 9 heteroatoms. The van der Waals surface area contributed by atoms with Crippen LogP contribution in [0, 0.1) is 5.82 Å². The van der Waals surface area contributed by atoms with E-state index >= 15 is 0 Å². The number of aliphatic hydroxyl groups is 2. The number of hydrogen-bond acceptors (Lipinski definition) is 7. The van der Waals surface area contributed by atoms with Crippen LogP contribution in [-0.2, 0) is 0 Å². The van der Waals surface area contributed by atoms with Gasteiger partial charge in [0.15, 0.2) is 0 Å². The summed E-state index contributed by atoms with van der Waals surface area (Å²) in [5.74, 6) is 1.15. The first-order valence-corrected chi connectivity index (χ1v) is 9.17. The van der Waals surface area contributed by atoms with Gasteiger partial charge in [-0.05, 0) is 64.5 Å². The van der Waals surface area contributed by atoms with Crippen LogP contribution in [0.2, 0.25) is 0 Å². The van der Waals surface area contributed by atoms with E-state index in [1.54, 1.807) is 42.6 Å². The number of rotatable bonds is 8. The fourth-order valence-corrected chi connectivity index (χ4v) is 2.48. The summed E-state index contributed by atoms with van der Waals surface area (Å²) in [6.07, 6.45) is 0.690. The molecule has 0 radical (unpaired) electrons. The lowest BCUT2D eigenvalue weighted by Gasteiger charge is -2.12. The van der Waals surface area contributed by atoms with E-state index in [9.17, 15) is 9.50 Å². The van der Waals surface area contributed by atoms with E-state index in [4.69, 9.17) is 9.84 Å². The Morgan fingerprint density at radius 3 is 2.36 bits per heavy atom. The third-order valence-corrected chi connectivity index (χ3v) is 4.19. The van der Waals surface area contributed by atoms with Gasteiger partial charge in [-0.3, -0.25) is 0 Å². The highest BCUT2D eigenvalue weighted by atomic mass is 79.9. The molecule has 0 amide bonds. The van der Waals surface area contributed by atoms with Crippen molar-refractivity contribution in [2.24, 2.45) is 0 Å². The Morgan fingerprint density at radius 2 is 1.68 bits per heavy atom. The first kappa shape index (κ1) is 20.0. The zero-order valence-corrected chi connectivity index (χ0v) is 16.2. The van der Waals surface area contributed by atoms with Crippen LogP contribution in [0.25, 0.3) is 0 Å². The van der Waals surface area contributed by atoms with E-state index in [2.05, 4.69) is 36.5 Å². The molecule has 3 rings (SSSR count). The molecule has 3 aromatic rings. The number of halogens is 2. The van der Waals surface area contributed by atoms with Crippen LogP contribution in [0.1, 0.15) is 0 Å². The second-order valence-electron chi connectivity index (χ2n) is 5.82. The van der Waals surface area contributed by atoms with Gasteiger partial charge in [0.05, 0.1) is 11.1 Å². The maximum absolute atomic E-state index is 13.0. The average molecular weight is 449 g/mol. The molecule has 0 aliphatic carbocycles. The van der Waals surface area contributed by atoms with E-state index < -0.39 is 6.10 Å². The van der Waals surface area contributed by atoms with Crippen molar-refractivity contribution in [1.29, 1.82) is 0 Å². The van der Waals surface area contributed by atoms with Gasteiger partial charge in [-0.25, -0.2) is 9.37 Å². The minimum absolute atomic E-state index is 0.0114. The second-order valence-corrected chi connectivity index (χ2v) is 6.67. The zero-order chi connectivity index (χ0) is 19.9. The third-order valence-electron chi connectivity index (χ3n) is 3.61. The van der Waals surface area contributed by atoms with Crippen molar-refractivity contribution >= 4 is 39.1 Å². The smallest absolute Gasteiger partial charge is 0.229 e. The van der Waals surface area contributed by atoms with Gasteiger partial charge < -0.3 is 25.6 Å². The first-order chi connectivity index (χ1) is 13.5. The molecule has 0 fully saturated rings. The van der Waals surface area contributed by atoms with E-state index in [0.717, 1.165) is 5.69 Å². The molecular weight excluding hydrogens is 431 g/mol. The molecule has 0 bridgehead atoms. The summed E-state index contributed by atoms with van der Waals surface area (Å²) in [5.41, 5.74) is 1.43. The van der Waals surface area contributed by atoms with Gasteiger partial charge in [0.25, 0.3) is 0 Å². The number of aromatic nitrogens is 2. The van der Waals surface area contributed by atoms with Gasteiger partial charge in [0.1, 0.15) is 30.1 Å². The van der Waals surface area contributed by atoms with Gasteiger partial charge in [-0.1, -0.05) is 0 Å². The lowest BCUT2D eigenvalue weighted by atomic mass is 10.3. The Balaban J connectivity index is 1.66. The lowest BCUT2D eigenvalue weighted by Crippen LogP contribution is -2.21. The monoisotopic (exact) mass is 448 g/mol. The van der Waals surface area contributed by atoms with Crippen LogP contribution >= 0.6 is 15.9 Å². The highest BCUT2D eigenvalue weighted by molar-refractivity contribution is 9.10. The lowest BCUT2D eigenvalue weighted by molar-refractivity contribution is 0.0536. The second kappa shape index (κ2) is 9.45. The van der Waals surface area contributed by atoms with E-state index in [1.807, 2.05) is 0 Å². The minimum Gasteiger partial charge on any atom is -0.491 e. The van der Waals surface area contributed by atoms with Crippen LogP contribution in [0.5, 0.6) is 5.75 Å². The largest absolute Gasteiger partial charge is 0.491 e. The molecule has 0 spiro atoms. The highest BCUT2D eigenvalue weighted by Gasteiger charge is 2.07. The molecule has 0 saturated heterocycles. The number of benzene rings is 2. The van der Waals surface area contributed by atoms with E-state index in [1.165, 1.54) is 12.1 Å². The first-order valence-electron chi connectivity index (χ1n) is 8.37. The molecule has 0 saturated carbocycles. The van der Waals surface area contributed by atoms with Gasteiger partial charge in [0, 0.05) is 17.6 Å². The quantitative estimate of drug-likeness (QED) is 0.417. The van der Waals surface area contributed by atoms with Gasteiger partial charge >= 0.3 is 0 Å². The molecule has 2 aromatic carbocycles. The third kappa shape index (κ3) is 5.62. The fraction of sp³-hybridized carbons (Fsp3) is 0.158. The van der Waals surface area contributed by atoms with Gasteiger partial charge in [-0.15, -0.1) is 0 Å². The Labute approximate surface area is 169 Å². The molecule has 1 atom stereocenters. The number of nitrogens with zero attached hydrogens (tertiary/aromatic N) is 2. The van der Waals surface area contributed by atoms with Crippen molar-refractivity contribution in [3.63, 3.8) is 0 Å². The Morgan fingerprint density at radius 1 is 1.04 bits per heavy atom. The molecular formula is C19H18BrFN4O3. The summed E-state index contributed by atoms with van der Waals surface area (Å²) in [5, 5.41) is 24.3. The molecule has 28 heavy (non-hydrogen) atoms. The molecule has 0 aliphatic rings. The normalized spacial score (nSPS) is 11.7. The number of aliphatic hydroxyl groups excluding tert-OH is 2. The predicted molar refractivity (Wildman–Crippen MR) is 108 cm³/mol. The highest BCUT2D eigenvalue weighted by Crippen LogP contribution is 2.26. The van der Waals surface area contributed by atoms with Crippen molar-refractivity contribution in [3.05, 3.63) is 65.0 Å². The van der Waals surface area contributed by atoms with Crippen molar-refractivity contribution in [2.45, 2.75) is 6.10 Å². The summed E-state index contributed by atoms with van der Waals surface area (Å²) < 4.78 is 19.1. The minimum atomic E-state index is -0.916. The Bertz CT molecular complexity index is 910. The topological polar surface area (TPSA) is 99.5 Å². The van der Waals surface area contributed by atoms with Crippen LogP contribution in [-0.4, -0.2) is 39.5 Å². The summed E-state index contributed by atoms with van der Waals surface area (Å²) >= 11 is 3.39. The average Bonchev–Trinajstić information content (AvgIpc) is 2.71.